The van der Waals surface area contributed by atoms with Crippen LogP contribution in [0.5, 0.6) is 0 Å². The van der Waals surface area contributed by atoms with Crippen LogP contribution in [0.4, 0.5) is 5.69 Å². The summed E-state index contributed by atoms with van der Waals surface area (Å²) in [7, 11) is -3.29. The van der Waals surface area contributed by atoms with Gasteiger partial charge in [-0.15, -0.1) is 0 Å². The quantitative estimate of drug-likeness (QED) is 0.614. The first kappa shape index (κ1) is 16.8. The van der Waals surface area contributed by atoms with Crippen molar-refractivity contribution in [3.05, 3.63) is 59.6 Å². The van der Waals surface area contributed by atoms with Crippen LogP contribution in [0, 0.1) is 13.8 Å². The average molecular weight is 365 g/mol. The molecule has 0 N–H and O–H groups in total. The van der Waals surface area contributed by atoms with Crippen molar-refractivity contribution >= 4 is 32.7 Å². The molecule has 1 aromatic heterocycles. The van der Waals surface area contributed by atoms with Gasteiger partial charge in [0.15, 0.2) is 9.84 Å². The lowest BCUT2D eigenvalue weighted by atomic mass is 10.0. The summed E-state index contributed by atoms with van der Waals surface area (Å²) in [6.45, 7) is 3.73. The maximum Gasteiger partial charge on any atom is 0.175 e. The van der Waals surface area contributed by atoms with Gasteiger partial charge >= 0.3 is 0 Å². The fraction of sp³-hybridized carbons (Fsp3) is 0.235. The highest BCUT2D eigenvalue weighted by atomic mass is 35.5. The second-order valence-electron chi connectivity index (χ2n) is 5.69. The van der Waals surface area contributed by atoms with E-state index in [1.54, 1.807) is 18.2 Å². The summed E-state index contributed by atoms with van der Waals surface area (Å²) >= 11 is 6.40. The standard InChI is InChI=1S/C17H17ClN2O3S/c1-11-17(12(2)23-19-11)13-7-8-16(18)20(10-13)14-5-4-6-15(9-14)24(3,21)22/h4-10,16H,1-3H3. The second kappa shape index (κ2) is 6.11. The van der Waals surface area contributed by atoms with Crippen LogP contribution >= 0.6 is 11.6 Å². The predicted octanol–water partition coefficient (Wildman–Crippen LogP) is 3.68. The number of hydrogen-bond donors (Lipinski definition) is 0. The molecule has 0 bridgehead atoms. The Bertz CT molecular complexity index is 925. The minimum atomic E-state index is -3.29. The third-order valence-electron chi connectivity index (χ3n) is 3.84. The van der Waals surface area contributed by atoms with Gasteiger partial charge in [-0.2, -0.15) is 0 Å². The minimum Gasteiger partial charge on any atom is -0.361 e. The number of alkyl halides is 1. The summed E-state index contributed by atoms with van der Waals surface area (Å²) in [5, 5.41) is 3.97. The van der Waals surface area contributed by atoms with Crippen molar-refractivity contribution in [2.24, 2.45) is 0 Å². The number of aromatic nitrogens is 1. The molecule has 126 valence electrons. The van der Waals surface area contributed by atoms with Crippen LogP contribution < -0.4 is 4.90 Å². The van der Waals surface area contributed by atoms with Crippen molar-refractivity contribution in [2.45, 2.75) is 24.2 Å². The molecule has 3 rings (SSSR count). The molecule has 5 nitrogen and oxygen atoms in total. The van der Waals surface area contributed by atoms with Gasteiger partial charge in [0.1, 0.15) is 11.3 Å². The van der Waals surface area contributed by atoms with E-state index in [-0.39, 0.29) is 4.90 Å². The number of allylic oxidation sites excluding steroid dienone is 2. The summed E-state index contributed by atoms with van der Waals surface area (Å²) in [6.07, 6.45) is 6.83. The van der Waals surface area contributed by atoms with Crippen molar-refractivity contribution in [1.29, 1.82) is 0 Å². The van der Waals surface area contributed by atoms with Gasteiger partial charge in [0.25, 0.3) is 0 Å². The van der Waals surface area contributed by atoms with Gasteiger partial charge in [-0.1, -0.05) is 28.9 Å². The molecule has 24 heavy (non-hydrogen) atoms. The zero-order valence-corrected chi connectivity index (χ0v) is 15.1. The van der Waals surface area contributed by atoms with Crippen molar-refractivity contribution in [2.75, 3.05) is 11.2 Å². The highest BCUT2D eigenvalue weighted by molar-refractivity contribution is 7.90. The molecule has 2 heterocycles. The third-order valence-corrected chi connectivity index (χ3v) is 5.31. The predicted molar refractivity (Wildman–Crippen MR) is 94.8 cm³/mol. The number of rotatable bonds is 3. The molecule has 0 aliphatic carbocycles. The molecule has 7 heteroatoms. The number of benzene rings is 1. The van der Waals surface area contributed by atoms with Crippen molar-refractivity contribution in [3.63, 3.8) is 0 Å². The molecule has 2 aromatic rings. The smallest absolute Gasteiger partial charge is 0.175 e. The number of aryl methyl sites for hydroxylation is 2. The van der Waals surface area contributed by atoms with Crippen LogP contribution in [0.2, 0.25) is 0 Å². The Kier molecular flexibility index (Phi) is 4.27. The highest BCUT2D eigenvalue weighted by Gasteiger charge is 2.21. The number of anilines is 1. The zero-order chi connectivity index (χ0) is 17.5. The second-order valence-corrected chi connectivity index (χ2v) is 8.16. The van der Waals surface area contributed by atoms with Gasteiger partial charge in [0, 0.05) is 29.3 Å². The number of sulfone groups is 1. The van der Waals surface area contributed by atoms with Crippen LogP contribution in [0.1, 0.15) is 17.0 Å². The van der Waals surface area contributed by atoms with E-state index in [4.69, 9.17) is 16.1 Å². The SMILES string of the molecule is Cc1noc(C)c1C1=CN(c2cccc(S(C)(=O)=O)c2)C(Cl)C=C1. The van der Waals surface area contributed by atoms with Crippen molar-refractivity contribution < 1.29 is 12.9 Å². The Morgan fingerprint density at radius 1 is 1.29 bits per heavy atom. The molecule has 0 radical (unpaired) electrons. The van der Waals surface area contributed by atoms with Gasteiger partial charge in [-0.25, -0.2) is 8.42 Å². The lowest BCUT2D eigenvalue weighted by Gasteiger charge is -2.28. The summed E-state index contributed by atoms with van der Waals surface area (Å²) in [6, 6.07) is 6.72. The van der Waals surface area contributed by atoms with E-state index in [1.807, 2.05) is 43.2 Å². The van der Waals surface area contributed by atoms with Crippen molar-refractivity contribution in [1.82, 2.24) is 5.16 Å². The lowest BCUT2D eigenvalue weighted by molar-refractivity contribution is 0.393. The van der Waals surface area contributed by atoms with Gasteiger partial charge in [-0.05, 0) is 38.1 Å². The normalized spacial score (nSPS) is 17.9. The first-order valence-corrected chi connectivity index (χ1v) is 9.66. The number of halogens is 1. The molecule has 0 amide bonds. The minimum absolute atomic E-state index is 0.255. The molecule has 1 unspecified atom stereocenters. The van der Waals surface area contributed by atoms with Gasteiger partial charge < -0.3 is 9.42 Å². The molecule has 1 aliphatic heterocycles. The highest BCUT2D eigenvalue weighted by Crippen LogP contribution is 2.32. The Morgan fingerprint density at radius 2 is 2.04 bits per heavy atom. The molecule has 0 saturated heterocycles. The van der Waals surface area contributed by atoms with Gasteiger partial charge in [0.2, 0.25) is 0 Å². The Balaban J connectivity index is 2.06. The Morgan fingerprint density at radius 3 is 2.67 bits per heavy atom. The lowest BCUT2D eigenvalue weighted by Crippen LogP contribution is -2.26. The first-order chi connectivity index (χ1) is 11.3. The molecule has 1 atom stereocenters. The van der Waals surface area contributed by atoms with Crippen LogP contribution in [-0.4, -0.2) is 25.3 Å². The van der Waals surface area contributed by atoms with Gasteiger partial charge in [0.05, 0.1) is 10.6 Å². The first-order valence-electron chi connectivity index (χ1n) is 7.33. The van der Waals surface area contributed by atoms with E-state index in [0.29, 0.717) is 5.69 Å². The molecular weight excluding hydrogens is 348 g/mol. The van der Waals surface area contributed by atoms with E-state index in [0.717, 1.165) is 22.6 Å². The van der Waals surface area contributed by atoms with E-state index in [1.165, 1.54) is 6.26 Å². The van der Waals surface area contributed by atoms with Crippen molar-refractivity contribution in [3.8, 4) is 0 Å². The van der Waals surface area contributed by atoms with E-state index in [9.17, 15) is 8.42 Å². The van der Waals surface area contributed by atoms with Gasteiger partial charge in [-0.3, -0.25) is 0 Å². The van der Waals surface area contributed by atoms with Crippen LogP contribution in [0.3, 0.4) is 0 Å². The maximum absolute atomic E-state index is 11.8. The van der Waals surface area contributed by atoms with Crippen LogP contribution in [-0.2, 0) is 9.84 Å². The summed E-state index contributed by atoms with van der Waals surface area (Å²) < 4.78 is 28.8. The van der Waals surface area contributed by atoms with E-state index < -0.39 is 15.3 Å². The molecular formula is C17H17ClN2O3S. The monoisotopic (exact) mass is 364 g/mol. The third kappa shape index (κ3) is 3.12. The molecule has 0 spiro atoms. The summed E-state index contributed by atoms with van der Waals surface area (Å²) in [4.78, 5) is 2.07. The molecule has 0 saturated carbocycles. The number of hydrogen-bond acceptors (Lipinski definition) is 5. The fourth-order valence-electron chi connectivity index (χ4n) is 2.67. The number of nitrogens with zero attached hydrogens (tertiary/aromatic N) is 2. The Hall–Kier alpha value is -2.05. The topological polar surface area (TPSA) is 63.4 Å². The fourth-order valence-corrected chi connectivity index (χ4v) is 3.58. The Labute approximate surface area is 146 Å². The average Bonchev–Trinajstić information content (AvgIpc) is 2.86. The van der Waals surface area contributed by atoms with Crippen LogP contribution in [0.25, 0.3) is 5.57 Å². The largest absolute Gasteiger partial charge is 0.361 e. The van der Waals surface area contributed by atoms with Crippen LogP contribution in [0.15, 0.2) is 52.0 Å². The van der Waals surface area contributed by atoms with E-state index >= 15 is 0 Å². The van der Waals surface area contributed by atoms with E-state index in [2.05, 4.69) is 5.16 Å². The molecule has 1 aromatic carbocycles. The summed E-state index contributed by atoms with van der Waals surface area (Å²) in [5.41, 5.74) is 2.91. The molecule has 1 aliphatic rings. The summed E-state index contributed by atoms with van der Waals surface area (Å²) in [5.74, 6) is 0.723. The maximum atomic E-state index is 11.8. The molecule has 0 fully saturated rings. The zero-order valence-electron chi connectivity index (χ0n) is 13.5.